The monoisotopic (exact) mass is 188 g/mol. The third kappa shape index (κ3) is 3.61. The number of hydrogen-bond acceptors (Lipinski definition) is 4. The first kappa shape index (κ1) is 10.3. The van der Waals surface area contributed by atoms with E-state index in [-0.39, 0.29) is 12.1 Å². The first-order chi connectivity index (χ1) is 6.22. The van der Waals surface area contributed by atoms with Gasteiger partial charge in [-0.1, -0.05) is 0 Å². The fourth-order valence-electron chi connectivity index (χ4n) is 1.38. The molecular weight excluding hydrogens is 172 g/mol. The van der Waals surface area contributed by atoms with Gasteiger partial charge in [0.2, 0.25) is 0 Å². The molecule has 1 amide bonds. The van der Waals surface area contributed by atoms with Crippen LogP contribution in [0.1, 0.15) is 25.7 Å². The minimum atomic E-state index is -0.560. The van der Waals surface area contributed by atoms with Gasteiger partial charge >= 0.3 is 6.09 Å². The fourth-order valence-corrected chi connectivity index (χ4v) is 1.38. The van der Waals surface area contributed by atoms with Gasteiger partial charge in [0.05, 0.1) is 13.2 Å². The van der Waals surface area contributed by atoms with Crippen LogP contribution in [0.3, 0.4) is 0 Å². The topological polar surface area (TPSA) is 73.6 Å². The molecule has 1 aliphatic carbocycles. The van der Waals surface area contributed by atoms with Crippen LogP contribution in [0, 0.1) is 0 Å². The van der Waals surface area contributed by atoms with Gasteiger partial charge in [-0.05, 0) is 25.7 Å². The van der Waals surface area contributed by atoms with E-state index in [2.05, 4.69) is 10.2 Å². The maximum Gasteiger partial charge on any atom is 0.431 e. The van der Waals surface area contributed by atoms with Gasteiger partial charge in [0, 0.05) is 6.04 Å². The minimum absolute atomic E-state index is 0.0823. The average molecular weight is 188 g/mol. The summed E-state index contributed by atoms with van der Waals surface area (Å²) >= 11 is 0. The number of methoxy groups -OCH3 is 1. The van der Waals surface area contributed by atoms with Crippen LogP contribution < -0.4 is 11.2 Å². The molecule has 0 atom stereocenters. The first-order valence-electron chi connectivity index (χ1n) is 4.47. The summed E-state index contributed by atoms with van der Waals surface area (Å²) in [5.41, 5.74) is 7.93. The summed E-state index contributed by atoms with van der Waals surface area (Å²) in [5.74, 6) is 0. The van der Waals surface area contributed by atoms with Crippen LogP contribution in [0.15, 0.2) is 0 Å². The lowest BCUT2D eigenvalue weighted by molar-refractivity contribution is -0.0373. The molecule has 0 aromatic carbocycles. The Labute approximate surface area is 77.5 Å². The molecule has 5 heteroatoms. The summed E-state index contributed by atoms with van der Waals surface area (Å²) in [7, 11) is 1.30. The highest BCUT2D eigenvalue weighted by Crippen LogP contribution is 2.18. The maximum atomic E-state index is 10.6. The number of hydrogen-bond donors (Lipinski definition) is 2. The number of amides is 1. The second kappa shape index (κ2) is 5.04. The highest BCUT2D eigenvalue weighted by atomic mass is 16.7. The summed E-state index contributed by atoms with van der Waals surface area (Å²) in [6.07, 6.45) is 3.21. The smallest absolute Gasteiger partial charge is 0.431 e. The second-order valence-electron chi connectivity index (χ2n) is 3.25. The van der Waals surface area contributed by atoms with E-state index < -0.39 is 6.09 Å². The lowest BCUT2D eigenvalue weighted by Gasteiger charge is -2.25. The zero-order chi connectivity index (χ0) is 9.68. The van der Waals surface area contributed by atoms with E-state index in [4.69, 9.17) is 10.6 Å². The van der Waals surface area contributed by atoms with Crippen molar-refractivity contribution >= 4 is 6.09 Å². The number of rotatable bonds is 2. The Balaban J connectivity index is 2.12. The van der Waals surface area contributed by atoms with Crippen LogP contribution in [0.5, 0.6) is 0 Å². The molecule has 3 N–H and O–H groups in total. The fraction of sp³-hybridized carbons (Fsp3) is 0.875. The molecule has 1 fully saturated rings. The van der Waals surface area contributed by atoms with Crippen LogP contribution in [-0.2, 0) is 9.57 Å². The van der Waals surface area contributed by atoms with Gasteiger partial charge in [-0.2, -0.15) is 5.48 Å². The van der Waals surface area contributed by atoms with Crippen LogP contribution >= 0.6 is 0 Å². The standard InChI is InChI=1S/C8H16N2O3/c1-12-8(11)10-13-7-4-2-6(9)3-5-7/h6-7H,2-5,9H2,1H3,(H,10,11). The lowest BCUT2D eigenvalue weighted by atomic mass is 9.94. The Hall–Kier alpha value is -0.810. The summed E-state index contributed by atoms with van der Waals surface area (Å²) in [6.45, 7) is 0. The van der Waals surface area contributed by atoms with Gasteiger partial charge in [-0.3, -0.25) is 4.84 Å². The van der Waals surface area contributed by atoms with Crippen LogP contribution in [0.2, 0.25) is 0 Å². The van der Waals surface area contributed by atoms with Crippen molar-refractivity contribution in [3.05, 3.63) is 0 Å². The molecule has 1 aliphatic rings. The largest absolute Gasteiger partial charge is 0.451 e. The zero-order valence-corrected chi connectivity index (χ0v) is 7.79. The molecule has 5 nitrogen and oxygen atoms in total. The summed E-state index contributed by atoms with van der Waals surface area (Å²) in [5, 5.41) is 0. The van der Waals surface area contributed by atoms with Gasteiger partial charge in [0.1, 0.15) is 0 Å². The van der Waals surface area contributed by atoms with Crippen molar-refractivity contribution < 1.29 is 14.4 Å². The molecule has 0 aromatic rings. The van der Waals surface area contributed by atoms with E-state index in [1.54, 1.807) is 0 Å². The molecule has 0 aliphatic heterocycles. The van der Waals surface area contributed by atoms with Gasteiger partial charge < -0.3 is 10.5 Å². The highest BCUT2D eigenvalue weighted by molar-refractivity contribution is 5.65. The van der Waals surface area contributed by atoms with Crippen molar-refractivity contribution in [2.75, 3.05) is 7.11 Å². The van der Waals surface area contributed by atoms with Crippen molar-refractivity contribution in [2.45, 2.75) is 37.8 Å². The van der Waals surface area contributed by atoms with Crippen LogP contribution in [-0.4, -0.2) is 25.3 Å². The molecule has 0 unspecified atom stereocenters. The zero-order valence-electron chi connectivity index (χ0n) is 7.79. The Kier molecular flexibility index (Phi) is 3.98. The van der Waals surface area contributed by atoms with E-state index in [1.807, 2.05) is 0 Å². The molecule has 0 heterocycles. The first-order valence-corrected chi connectivity index (χ1v) is 4.47. The molecule has 0 saturated heterocycles. The van der Waals surface area contributed by atoms with Gasteiger partial charge in [0.25, 0.3) is 0 Å². The molecular formula is C8H16N2O3. The van der Waals surface area contributed by atoms with E-state index in [9.17, 15) is 4.79 Å². The predicted octanol–water partition coefficient (Wildman–Crippen LogP) is 0.544. The molecule has 76 valence electrons. The number of carbonyl (C=O) groups excluding carboxylic acids is 1. The van der Waals surface area contributed by atoms with Crippen molar-refractivity contribution in [1.82, 2.24) is 5.48 Å². The quantitative estimate of drug-likeness (QED) is 0.620. The van der Waals surface area contributed by atoms with E-state index >= 15 is 0 Å². The molecule has 0 spiro atoms. The van der Waals surface area contributed by atoms with Crippen LogP contribution in [0.25, 0.3) is 0 Å². The third-order valence-electron chi connectivity index (χ3n) is 2.21. The van der Waals surface area contributed by atoms with E-state index in [0.717, 1.165) is 25.7 Å². The Morgan fingerprint density at radius 2 is 2.00 bits per heavy atom. The number of nitrogens with two attached hydrogens (primary N) is 1. The van der Waals surface area contributed by atoms with E-state index in [1.165, 1.54) is 7.11 Å². The number of carbonyl (C=O) groups is 1. The van der Waals surface area contributed by atoms with Crippen LogP contribution in [0.4, 0.5) is 4.79 Å². The Bertz CT molecular complexity index is 167. The van der Waals surface area contributed by atoms with E-state index in [0.29, 0.717) is 0 Å². The van der Waals surface area contributed by atoms with Crippen molar-refractivity contribution in [2.24, 2.45) is 5.73 Å². The van der Waals surface area contributed by atoms with Gasteiger partial charge in [-0.15, -0.1) is 0 Å². The minimum Gasteiger partial charge on any atom is -0.451 e. The lowest BCUT2D eigenvalue weighted by Crippen LogP contribution is -2.35. The predicted molar refractivity (Wildman–Crippen MR) is 46.9 cm³/mol. The highest BCUT2D eigenvalue weighted by Gasteiger charge is 2.19. The average Bonchev–Trinajstić information content (AvgIpc) is 2.16. The SMILES string of the molecule is COC(=O)NOC1CCC(N)CC1. The van der Waals surface area contributed by atoms with Gasteiger partial charge in [-0.25, -0.2) is 4.79 Å². The summed E-state index contributed by atoms with van der Waals surface area (Å²) < 4.78 is 4.36. The third-order valence-corrected chi connectivity index (χ3v) is 2.21. The second-order valence-corrected chi connectivity index (χ2v) is 3.25. The normalized spacial score (nSPS) is 28.2. The Morgan fingerprint density at radius 3 is 2.54 bits per heavy atom. The molecule has 1 rings (SSSR count). The van der Waals surface area contributed by atoms with Gasteiger partial charge in [0.15, 0.2) is 0 Å². The summed E-state index contributed by atoms with van der Waals surface area (Å²) in [4.78, 5) is 15.7. The molecule has 0 bridgehead atoms. The maximum absolute atomic E-state index is 10.6. The van der Waals surface area contributed by atoms with Crippen molar-refractivity contribution in [1.29, 1.82) is 0 Å². The number of ether oxygens (including phenoxy) is 1. The molecule has 1 saturated carbocycles. The molecule has 0 aromatic heterocycles. The Morgan fingerprint density at radius 1 is 1.38 bits per heavy atom. The molecule has 0 radical (unpaired) electrons. The van der Waals surface area contributed by atoms with Crippen molar-refractivity contribution in [3.8, 4) is 0 Å². The van der Waals surface area contributed by atoms with Crippen molar-refractivity contribution in [3.63, 3.8) is 0 Å². The molecule has 13 heavy (non-hydrogen) atoms. The number of nitrogens with one attached hydrogen (secondary N) is 1. The number of hydroxylamine groups is 1. The summed E-state index contributed by atoms with van der Waals surface area (Å²) in [6, 6.07) is 0.290.